The van der Waals surface area contributed by atoms with Crippen LogP contribution in [0.5, 0.6) is 0 Å². The monoisotopic (exact) mass is 513 g/mol. The van der Waals surface area contributed by atoms with E-state index >= 15 is 0 Å². The standard InChI is InChI=1S/C23H32ClN3O6S/c1-15-22(2,3)32-14-19(27(15)34(30,31)18-6-4-17(24)5-7-18)23(10-11-23)33-21(29)26-12-8-16(9-13-26)20(25)28/h4-7,15-16,19H,8-14H2,1-3H3,(H2,25,28). The first kappa shape index (κ1) is 25.2. The Balaban J connectivity index is 1.58. The van der Waals surface area contributed by atoms with Crippen LogP contribution in [0.3, 0.4) is 0 Å². The Labute approximate surface area is 205 Å². The van der Waals surface area contributed by atoms with E-state index in [0.717, 1.165) is 0 Å². The molecule has 34 heavy (non-hydrogen) atoms. The molecule has 0 radical (unpaired) electrons. The van der Waals surface area contributed by atoms with Crippen molar-refractivity contribution in [3.63, 3.8) is 0 Å². The first-order chi connectivity index (χ1) is 15.9. The molecule has 2 aliphatic heterocycles. The topological polar surface area (TPSA) is 119 Å². The summed E-state index contributed by atoms with van der Waals surface area (Å²) in [5.41, 5.74) is 3.70. The molecule has 2 heterocycles. The van der Waals surface area contributed by atoms with E-state index in [-0.39, 0.29) is 23.3 Å². The van der Waals surface area contributed by atoms with Crippen LogP contribution in [0.2, 0.25) is 5.02 Å². The maximum atomic E-state index is 13.8. The van der Waals surface area contributed by atoms with Gasteiger partial charge >= 0.3 is 6.09 Å². The Kier molecular flexibility index (Phi) is 6.65. The molecule has 2 atom stereocenters. The number of sulfonamides is 1. The lowest BCUT2D eigenvalue weighted by atomic mass is 9.94. The Morgan fingerprint density at radius 3 is 2.26 bits per heavy atom. The van der Waals surface area contributed by atoms with Crippen LogP contribution >= 0.6 is 11.6 Å². The van der Waals surface area contributed by atoms with E-state index in [1.807, 2.05) is 20.8 Å². The largest absolute Gasteiger partial charge is 0.441 e. The summed E-state index contributed by atoms with van der Waals surface area (Å²) in [7, 11) is -3.93. The molecule has 4 rings (SSSR count). The normalized spacial score (nSPS) is 27.2. The lowest BCUT2D eigenvalue weighted by molar-refractivity contribution is -0.148. The lowest BCUT2D eigenvalue weighted by Gasteiger charge is -2.50. The molecular weight excluding hydrogens is 482 g/mol. The zero-order valence-corrected chi connectivity index (χ0v) is 21.3. The highest BCUT2D eigenvalue weighted by molar-refractivity contribution is 7.89. The fraction of sp³-hybridized carbons (Fsp3) is 0.652. The van der Waals surface area contributed by atoms with Crippen molar-refractivity contribution in [2.45, 2.75) is 74.6 Å². The van der Waals surface area contributed by atoms with Crippen LogP contribution < -0.4 is 5.73 Å². The minimum atomic E-state index is -3.93. The van der Waals surface area contributed by atoms with E-state index in [4.69, 9.17) is 26.8 Å². The fourth-order valence-corrected chi connectivity index (χ4v) is 6.87. The van der Waals surface area contributed by atoms with Crippen LogP contribution in [-0.2, 0) is 24.3 Å². The number of primary amides is 1. The van der Waals surface area contributed by atoms with Gasteiger partial charge in [0.05, 0.1) is 29.2 Å². The molecule has 2 N–H and O–H groups in total. The molecule has 2 saturated heterocycles. The Hall–Kier alpha value is -1.88. The fourth-order valence-electron chi connectivity index (χ4n) is 4.76. The highest BCUT2D eigenvalue weighted by Crippen LogP contribution is 2.49. The maximum absolute atomic E-state index is 13.8. The van der Waals surface area contributed by atoms with Gasteiger partial charge in [0, 0.05) is 24.0 Å². The van der Waals surface area contributed by atoms with E-state index in [1.165, 1.54) is 16.4 Å². The van der Waals surface area contributed by atoms with Crippen molar-refractivity contribution >= 4 is 33.6 Å². The minimum absolute atomic E-state index is 0.112. The predicted octanol–water partition coefficient (Wildman–Crippen LogP) is 2.76. The zero-order valence-electron chi connectivity index (χ0n) is 19.7. The van der Waals surface area contributed by atoms with Gasteiger partial charge in [0.1, 0.15) is 5.60 Å². The van der Waals surface area contributed by atoms with Gasteiger partial charge < -0.3 is 20.1 Å². The van der Waals surface area contributed by atoms with Crippen molar-refractivity contribution in [3.05, 3.63) is 29.3 Å². The number of likely N-dealkylation sites (tertiary alicyclic amines) is 1. The molecule has 0 bridgehead atoms. The van der Waals surface area contributed by atoms with Crippen LogP contribution in [0, 0.1) is 5.92 Å². The second-order valence-electron chi connectivity index (χ2n) is 9.99. The van der Waals surface area contributed by atoms with E-state index in [0.29, 0.717) is 43.8 Å². The highest BCUT2D eigenvalue weighted by atomic mass is 35.5. The molecule has 1 aromatic rings. The van der Waals surface area contributed by atoms with Crippen LogP contribution in [0.1, 0.15) is 46.5 Å². The van der Waals surface area contributed by atoms with Gasteiger partial charge in [0.25, 0.3) is 0 Å². The third-order valence-electron chi connectivity index (χ3n) is 7.49. The summed E-state index contributed by atoms with van der Waals surface area (Å²) >= 11 is 5.97. The number of rotatable bonds is 5. The molecule has 1 aliphatic carbocycles. The number of benzene rings is 1. The summed E-state index contributed by atoms with van der Waals surface area (Å²) in [4.78, 5) is 26.1. The number of morpholine rings is 1. The molecule has 1 aromatic carbocycles. The average molecular weight is 514 g/mol. The van der Waals surface area contributed by atoms with Crippen LogP contribution in [0.4, 0.5) is 4.79 Å². The van der Waals surface area contributed by atoms with E-state index < -0.39 is 39.4 Å². The highest BCUT2D eigenvalue weighted by Gasteiger charge is 2.62. The molecule has 3 aliphatic rings. The molecule has 2 unspecified atom stereocenters. The number of amides is 2. The number of nitrogens with zero attached hydrogens (tertiary/aromatic N) is 2. The predicted molar refractivity (Wildman–Crippen MR) is 126 cm³/mol. The molecule has 0 aromatic heterocycles. The van der Waals surface area contributed by atoms with Gasteiger partial charge in [0.2, 0.25) is 15.9 Å². The molecule has 3 fully saturated rings. The van der Waals surface area contributed by atoms with Gasteiger partial charge in [-0.2, -0.15) is 4.31 Å². The molecule has 188 valence electrons. The van der Waals surface area contributed by atoms with Gasteiger partial charge in [-0.1, -0.05) is 11.6 Å². The number of carbonyl (C=O) groups is 2. The summed E-state index contributed by atoms with van der Waals surface area (Å²) in [5.74, 6) is -0.598. The number of ether oxygens (including phenoxy) is 2. The van der Waals surface area contributed by atoms with E-state index in [9.17, 15) is 18.0 Å². The SMILES string of the molecule is CC1N(S(=O)(=O)c2ccc(Cl)cc2)C(C2(OC(=O)N3CCC(C(N)=O)CC3)CC2)COC1(C)C. The Morgan fingerprint density at radius 2 is 1.74 bits per heavy atom. The second kappa shape index (κ2) is 8.96. The van der Waals surface area contributed by atoms with Gasteiger partial charge in [-0.3, -0.25) is 4.79 Å². The third kappa shape index (κ3) is 4.65. The van der Waals surface area contributed by atoms with Gasteiger partial charge in [-0.15, -0.1) is 0 Å². The van der Waals surface area contributed by atoms with Crippen molar-refractivity contribution in [1.29, 1.82) is 0 Å². The first-order valence-corrected chi connectivity index (χ1v) is 13.4. The average Bonchev–Trinajstić information content (AvgIpc) is 3.56. The number of nitrogens with two attached hydrogens (primary N) is 1. The van der Waals surface area contributed by atoms with Crippen molar-refractivity contribution in [2.24, 2.45) is 11.7 Å². The van der Waals surface area contributed by atoms with Crippen molar-refractivity contribution in [1.82, 2.24) is 9.21 Å². The van der Waals surface area contributed by atoms with Gasteiger partial charge in [0.15, 0.2) is 0 Å². The number of hydrogen-bond acceptors (Lipinski definition) is 6. The zero-order chi connectivity index (χ0) is 24.9. The lowest BCUT2D eigenvalue weighted by Crippen LogP contribution is -2.66. The van der Waals surface area contributed by atoms with Crippen molar-refractivity contribution < 1.29 is 27.5 Å². The number of piperidine rings is 1. The van der Waals surface area contributed by atoms with Crippen molar-refractivity contribution in [2.75, 3.05) is 19.7 Å². The molecular formula is C23H32ClN3O6S. The second-order valence-corrected chi connectivity index (χ2v) is 12.3. The smallest absolute Gasteiger partial charge is 0.410 e. The molecule has 0 spiro atoms. The van der Waals surface area contributed by atoms with Crippen LogP contribution in [-0.4, -0.2) is 72.6 Å². The maximum Gasteiger partial charge on any atom is 0.410 e. The summed E-state index contributed by atoms with van der Waals surface area (Å²) in [5, 5.41) is 0.443. The van der Waals surface area contributed by atoms with Crippen LogP contribution in [0.25, 0.3) is 0 Å². The molecule has 1 saturated carbocycles. The summed E-state index contributed by atoms with van der Waals surface area (Å²) in [6.07, 6.45) is 1.58. The minimum Gasteiger partial charge on any atom is -0.441 e. The van der Waals surface area contributed by atoms with E-state index in [1.54, 1.807) is 17.0 Å². The van der Waals surface area contributed by atoms with Crippen LogP contribution in [0.15, 0.2) is 29.2 Å². The number of halogens is 1. The van der Waals surface area contributed by atoms with Crippen molar-refractivity contribution in [3.8, 4) is 0 Å². The summed E-state index contributed by atoms with van der Waals surface area (Å²) in [6, 6.07) is 4.89. The summed E-state index contributed by atoms with van der Waals surface area (Å²) in [6.45, 7) is 6.38. The quantitative estimate of drug-likeness (QED) is 0.646. The molecule has 2 amide bonds. The number of hydrogen-bond donors (Lipinski definition) is 1. The Bertz CT molecular complexity index is 1050. The Morgan fingerprint density at radius 1 is 1.15 bits per heavy atom. The third-order valence-corrected chi connectivity index (χ3v) is 9.74. The number of carbonyl (C=O) groups excluding carboxylic acids is 2. The molecule has 9 nitrogen and oxygen atoms in total. The molecule has 11 heteroatoms. The first-order valence-electron chi connectivity index (χ1n) is 11.6. The summed E-state index contributed by atoms with van der Waals surface area (Å²) < 4.78 is 41.1. The van der Waals surface area contributed by atoms with E-state index in [2.05, 4.69) is 0 Å². The van der Waals surface area contributed by atoms with Gasteiger partial charge in [-0.25, -0.2) is 13.2 Å². The van der Waals surface area contributed by atoms with Gasteiger partial charge in [-0.05, 0) is 70.7 Å².